The fraction of sp³-hybridized carbons (Fsp3) is 0.263. The summed E-state index contributed by atoms with van der Waals surface area (Å²) in [6.07, 6.45) is -3.79. The Morgan fingerprint density at radius 2 is 1.46 bits per heavy atom. The molecule has 0 saturated heterocycles. The lowest BCUT2D eigenvalue weighted by molar-refractivity contribution is -0.137. The van der Waals surface area contributed by atoms with Gasteiger partial charge in [-0.3, -0.25) is 9.59 Å². The standard InChI is InChI=1S/C19H17F3N2O2/c1-12-4-2-6-14(10-12)23-16(25)18(8-9-18)17(26)24-15-7-3-5-13(11-15)19(20,21)22/h2-7,10-11H,8-9H2,1H3,(H,23,25)(H,24,26). The monoisotopic (exact) mass is 362 g/mol. The van der Waals surface area contributed by atoms with Gasteiger partial charge in [0.15, 0.2) is 0 Å². The predicted molar refractivity (Wildman–Crippen MR) is 91.5 cm³/mol. The minimum Gasteiger partial charge on any atom is -0.325 e. The van der Waals surface area contributed by atoms with Crippen molar-refractivity contribution in [3.8, 4) is 0 Å². The minimum absolute atomic E-state index is 0.0134. The number of alkyl halides is 3. The van der Waals surface area contributed by atoms with Crippen molar-refractivity contribution in [1.82, 2.24) is 0 Å². The lowest BCUT2D eigenvalue weighted by Crippen LogP contribution is -2.35. The third kappa shape index (κ3) is 3.71. The van der Waals surface area contributed by atoms with Gasteiger partial charge in [0.1, 0.15) is 5.41 Å². The molecule has 0 radical (unpaired) electrons. The molecule has 2 aromatic carbocycles. The van der Waals surface area contributed by atoms with Gasteiger partial charge in [-0.25, -0.2) is 0 Å². The van der Waals surface area contributed by atoms with Crippen LogP contribution >= 0.6 is 0 Å². The first-order valence-corrected chi connectivity index (χ1v) is 8.08. The van der Waals surface area contributed by atoms with E-state index in [0.29, 0.717) is 18.5 Å². The molecule has 3 rings (SSSR count). The van der Waals surface area contributed by atoms with Gasteiger partial charge in [-0.15, -0.1) is 0 Å². The molecule has 0 bridgehead atoms. The Hall–Kier alpha value is -2.83. The number of rotatable bonds is 4. The number of benzene rings is 2. The maximum atomic E-state index is 12.8. The number of halogens is 3. The highest BCUT2D eigenvalue weighted by atomic mass is 19.4. The third-order valence-corrected chi connectivity index (χ3v) is 4.34. The summed E-state index contributed by atoms with van der Waals surface area (Å²) in [6, 6.07) is 11.5. The summed E-state index contributed by atoms with van der Waals surface area (Å²) in [5.41, 5.74) is -0.545. The molecule has 1 saturated carbocycles. The van der Waals surface area contributed by atoms with Crippen molar-refractivity contribution in [2.45, 2.75) is 25.9 Å². The van der Waals surface area contributed by atoms with E-state index in [2.05, 4.69) is 10.6 Å². The molecule has 7 heteroatoms. The Bertz CT molecular complexity index is 858. The van der Waals surface area contributed by atoms with Gasteiger partial charge >= 0.3 is 6.18 Å². The van der Waals surface area contributed by atoms with Crippen LogP contribution in [0.1, 0.15) is 24.0 Å². The van der Waals surface area contributed by atoms with Crippen LogP contribution in [0.15, 0.2) is 48.5 Å². The number of hydrogen-bond acceptors (Lipinski definition) is 2. The molecule has 1 aliphatic carbocycles. The van der Waals surface area contributed by atoms with E-state index in [9.17, 15) is 22.8 Å². The SMILES string of the molecule is Cc1cccc(NC(=O)C2(C(=O)Nc3cccc(C(F)(F)F)c3)CC2)c1. The van der Waals surface area contributed by atoms with Crippen molar-refractivity contribution in [2.75, 3.05) is 10.6 Å². The molecule has 0 spiro atoms. The van der Waals surface area contributed by atoms with Gasteiger partial charge in [0, 0.05) is 11.4 Å². The Morgan fingerprint density at radius 3 is 1.96 bits per heavy atom. The van der Waals surface area contributed by atoms with Crippen LogP contribution in [0, 0.1) is 12.3 Å². The Kier molecular flexibility index (Phi) is 4.48. The zero-order chi connectivity index (χ0) is 18.9. The molecule has 0 unspecified atom stereocenters. The molecule has 2 amide bonds. The largest absolute Gasteiger partial charge is 0.416 e. The maximum Gasteiger partial charge on any atom is 0.416 e. The van der Waals surface area contributed by atoms with Crippen LogP contribution in [0.3, 0.4) is 0 Å². The second-order valence-corrected chi connectivity index (χ2v) is 6.44. The summed E-state index contributed by atoms with van der Waals surface area (Å²) in [7, 11) is 0. The molecule has 2 N–H and O–H groups in total. The fourth-order valence-corrected chi connectivity index (χ4v) is 2.68. The number of carbonyl (C=O) groups is 2. The number of carbonyl (C=O) groups excluding carboxylic acids is 2. The van der Waals surface area contributed by atoms with Gasteiger partial charge < -0.3 is 10.6 Å². The van der Waals surface area contributed by atoms with Crippen molar-refractivity contribution in [2.24, 2.45) is 5.41 Å². The Balaban J connectivity index is 1.72. The van der Waals surface area contributed by atoms with E-state index in [0.717, 1.165) is 17.7 Å². The van der Waals surface area contributed by atoms with Crippen LogP contribution in [0.4, 0.5) is 24.5 Å². The van der Waals surface area contributed by atoms with E-state index in [1.54, 1.807) is 18.2 Å². The maximum absolute atomic E-state index is 12.8. The summed E-state index contributed by atoms with van der Waals surface area (Å²) >= 11 is 0. The van der Waals surface area contributed by atoms with Gasteiger partial charge in [-0.05, 0) is 55.7 Å². The van der Waals surface area contributed by atoms with E-state index < -0.39 is 29.0 Å². The topological polar surface area (TPSA) is 58.2 Å². The molecule has 0 heterocycles. The summed E-state index contributed by atoms with van der Waals surface area (Å²) in [4.78, 5) is 25.0. The molecule has 136 valence electrons. The van der Waals surface area contributed by atoms with Crippen LogP contribution in [0.5, 0.6) is 0 Å². The molecule has 1 aliphatic rings. The molecule has 0 aliphatic heterocycles. The number of nitrogens with one attached hydrogen (secondary N) is 2. The molecule has 1 fully saturated rings. The summed E-state index contributed by atoms with van der Waals surface area (Å²) < 4.78 is 38.3. The van der Waals surface area contributed by atoms with Crippen molar-refractivity contribution < 1.29 is 22.8 Å². The third-order valence-electron chi connectivity index (χ3n) is 4.34. The number of anilines is 2. The van der Waals surface area contributed by atoms with E-state index in [1.807, 2.05) is 13.0 Å². The minimum atomic E-state index is -4.50. The van der Waals surface area contributed by atoms with Crippen LogP contribution in [-0.4, -0.2) is 11.8 Å². The number of hydrogen-bond donors (Lipinski definition) is 2. The quantitative estimate of drug-likeness (QED) is 0.794. The number of aryl methyl sites for hydroxylation is 1. The summed E-state index contributed by atoms with van der Waals surface area (Å²) in [6.45, 7) is 1.88. The van der Waals surface area contributed by atoms with Crippen LogP contribution in [-0.2, 0) is 15.8 Å². The van der Waals surface area contributed by atoms with Gasteiger partial charge in [0.05, 0.1) is 5.56 Å². The highest BCUT2D eigenvalue weighted by Crippen LogP contribution is 2.47. The number of amides is 2. The van der Waals surface area contributed by atoms with Crippen molar-refractivity contribution in [3.05, 3.63) is 59.7 Å². The second-order valence-electron chi connectivity index (χ2n) is 6.44. The van der Waals surface area contributed by atoms with Gasteiger partial charge in [0.2, 0.25) is 11.8 Å². The summed E-state index contributed by atoms with van der Waals surface area (Å²) in [5, 5.41) is 5.14. The Morgan fingerprint density at radius 1 is 0.923 bits per heavy atom. The zero-order valence-electron chi connectivity index (χ0n) is 14.0. The highest BCUT2D eigenvalue weighted by Gasteiger charge is 2.56. The van der Waals surface area contributed by atoms with Crippen LogP contribution < -0.4 is 10.6 Å². The first kappa shape index (κ1) is 18.0. The average Bonchev–Trinajstić information content (AvgIpc) is 3.36. The lowest BCUT2D eigenvalue weighted by atomic mass is 10.0. The van der Waals surface area contributed by atoms with E-state index in [1.165, 1.54) is 12.1 Å². The summed E-state index contributed by atoms with van der Waals surface area (Å²) in [5.74, 6) is -1.05. The Labute approximate surface area is 148 Å². The van der Waals surface area contributed by atoms with E-state index >= 15 is 0 Å². The van der Waals surface area contributed by atoms with Gasteiger partial charge in [-0.1, -0.05) is 18.2 Å². The fourth-order valence-electron chi connectivity index (χ4n) is 2.68. The molecule has 2 aromatic rings. The zero-order valence-corrected chi connectivity index (χ0v) is 14.0. The first-order chi connectivity index (χ1) is 12.2. The normalized spacial score (nSPS) is 15.2. The molecule has 0 aromatic heterocycles. The lowest BCUT2D eigenvalue weighted by Gasteiger charge is -2.16. The highest BCUT2D eigenvalue weighted by molar-refractivity contribution is 6.16. The molecular weight excluding hydrogens is 345 g/mol. The van der Waals surface area contributed by atoms with Crippen LogP contribution in [0.25, 0.3) is 0 Å². The van der Waals surface area contributed by atoms with E-state index in [-0.39, 0.29) is 5.69 Å². The van der Waals surface area contributed by atoms with Crippen LogP contribution in [0.2, 0.25) is 0 Å². The molecule has 4 nitrogen and oxygen atoms in total. The first-order valence-electron chi connectivity index (χ1n) is 8.08. The predicted octanol–water partition coefficient (Wildman–Crippen LogP) is 4.37. The van der Waals surface area contributed by atoms with Crippen molar-refractivity contribution >= 4 is 23.2 Å². The second kappa shape index (κ2) is 6.48. The van der Waals surface area contributed by atoms with E-state index in [4.69, 9.17) is 0 Å². The molecule has 0 atom stereocenters. The molecule has 26 heavy (non-hydrogen) atoms. The van der Waals surface area contributed by atoms with Gasteiger partial charge in [0.25, 0.3) is 0 Å². The van der Waals surface area contributed by atoms with Crippen molar-refractivity contribution in [3.63, 3.8) is 0 Å². The van der Waals surface area contributed by atoms with Crippen molar-refractivity contribution in [1.29, 1.82) is 0 Å². The average molecular weight is 362 g/mol. The smallest absolute Gasteiger partial charge is 0.325 e. The van der Waals surface area contributed by atoms with Gasteiger partial charge in [-0.2, -0.15) is 13.2 Å². The molecular formula is C19H17F3N2O2.